The zero-order chi connectivity index (χ0) is 17.1. The third-order valence-electron chi connectivity index (χ3n) is 3.33. The van der Waals surface area contributed by atoms with Gasteiger partial charge in [0.1, 0.15) is 5.75 Å². The summed E-state index contributed by atoms with van der Waals surface area (Å²) in [6.07, 6.45) is 0. The van der Waals surface area contributed by atoms with Crippen LogP contribution in [-0.2, 0) is 4.79 Å². The quantitative estimate of drug-likeness (QED) is 0.739. The summed E-state index contributed by atoms with van der Waals surface area (Å²) in [6.45, 7) is 5.67. The van der Waals surface area contributed by atoms with Crippen molar-refractivity contribution < 1.29 is 9.53 Å². The Kier molecular flexibility index (Phi) is 5.55. The van der Waals surface area contributed by atoms with Gasteiger partial charge in [0.25, 0.3) is 5.91 Å². The van der Waals surface area contributed by atoms with E-state index in [1.54, 1.807) is 12.1 Å². The van der Waals surface area contributed by atoms with E-state index < -0.39 is 0 Å². The summed E-state index contributed by atoms with van der Waals surface area (Å²) in [7, 11) is 0. The molecule has 2 aromatic carbocycles. The topological polar surface area (TPSA) is 64.3 Å². The van der Waals surface area contributed by atoms with E-state index in [0.717, 1.165) is 21.2 Å². The van der Waals surface area contributed by atoms with E-state index in [1.807, 2.05) is 32.9 Å². The molecule has 3 N–H and O–H groups in total. The summed E-state index contributed by atoms with van der Waals surface area (Å²) in [5, 5.41) is 3.26. The molecule has 0 bridgehead atoms. The van der Waals surface area contributed by atoms with Gasteiger partial charge in [-0.15, -0.1) is 0 Å². The number of hydrogen-bond acceptors (Lipinski definition) is 3. The molecule has 2 aromatic rings. The van der Waals surface area contributed by atoms with Crippen LogP contribution < -0.4 is 15.8 Å². The van der Waals surface area contributed by atoms with Gasteiger partial charge in [-0.3, -0.25) is 4.79 Å². The fraction of sp³-hybridized carbons (Fsp3) is 0.235. The molecule has 122 valence electrons. The monoisotopic (exact) mass is 396 g/mol. The van der Waals surface area contributed by atoms with E-state index in [-0.39, 0.29) is 12.5 Å². The highest BCUT2D eigenvalue weighted by Gasteiger charge is 2.11. The van der Waals surface area contributed by atoms with E-state index in [0.29, 0.717) is 22.1 Å². The number of ether oxygens (including phenoxy) is 1. The number of halogens is 2. The number of anilines is 2. The van der Waals surface area contributed by atoms with Crippen molar-refractivity contribution in [2.45, 2.75) is 20.8 Å². The SMILES string of the molecule is Cc1cc(C)c(OCC(=O)Nc2cc(Cl)c(C)cc2N)c(Br)c1. The molecule has 6 heteroatoms. The first-order chi connectivity index (χ1) is 10.8. The van der Waals surface area contributed by atoms with Gasteiger partial charge >= 0.3 is 0 Å². The molecule has 1 amide bonds. The van der Waals surface area contributed by atoms with E-state index in [9.17, 15) is 4.79 Å². The van der Waals surface area contributed by atoms with Crippen LogP contribution >= 0.6 is 27.5 Å². The maximum Gasteiger partial charge on any atom is 0.262 e. The highest BCUT2D eigenvalue weighted by molar-refractivity contribution is 9.10. The van der Waals surface area contributed by atoms with Gasteiger partial charge in [-0.2, -0.15) is 0 Å². The molecule has 0 heterocycles. The van der Waals surface area contributed by atoms with Gasteiger partial charge < -0.3 is 15.8 Å². The van der Waals surface area contributed by atoms with E-state index in [1.165, 1.54) is 0 Å². The number of rotatable bonds is 4. The number of nitrogens with one attached hydrogen (secondary N) is 1. The van der Waals surface area contributed by atoms with Crippen LogP contribution in [0.5, 0.6) is 5.75 Å². The Balaban J connectivity index is 2.05. The number of carbonyl (C=O) groups excluding carboxylic acids is 1. The zero-order valence-electron chi connectivity index (χ0n) is 13.2. The summed E-state index contributed by atoms with van der Waals surface area (Å²) in [6, 6.07) is 7.30. The first-order valence-electron chi connectivity index (χ1n) is 7.03. The smallest absolute Gasteiger partial charge is 0.262 e. The first-order valence-corrected chi connectivity index (χ1v) is 8.20. The van der Waals surface area contributed by atoms with Crippen LogP contribution in [0.25, 0.3) is 0 Å². The number of nitrogens with two attached hydrogens (primary N) is 1. The van der Waals surface area contributed by atoms with Gasteiger partial charge in [-0.05, 0) is 71.6 Å². The summed E-state index contributed by atoms with van der Waals surface area (Å²) in [5.41, 5.74) is 9.77. The lowest BCUT2D eigenvalue weighted by molar-refractivity contribution is -0.118. The predicted octanol–water partition coefficient (Wildman–Crippen LogP) is 4.63. The molecule has 0 unspecified atom stereocenters. The number of carbonyl (C=O) groups is 1. The first kappa shape index (κ1) is 17.6. The van der Waals surface area contributed by atoms with Crippen molar-refractivity contribution in [2.75, 3.05) is 17.7 Å². The van der Waals surface area contributed by atoms with Crippen LogP contribution in [0, 0.1) is 20.8 Å². The fourth-order valence-corrected chi connectivity index (χ4v) is 3.17. The Bertz CT molecular complexity index is 739. The van der Waals surface area contributed by atoms with Crippen molar-refractivity contribution in [3.63, 3.8) is 0 Å². The van der Waals surface area contributed by atoms with Crippen LogP contribution in [0.2, 0.25) is 5.02 Å². The molecule has 0 aromatic heterocycles. The zero-order valence-corrected chi connectivity index (χ0v) is 15.5. The van der Waals surface area contributed by atoms with E-state index in [4.69, 9.17) is 22.1 Å². The van der Waals surface area contributed by atoms with Gasteiger partial charge in [0.15, 0.2) is 6.61 Å². The number of aryl methyl sites for hydroxylation is 3. The molecule has 23 heavy (non-hydrogen) atoms. The van der Waals surface area contributed by atoms with Crippen molar-refractivity contribution in [2.24, 2.45) is 0 Å². The summed E-state index contributed by atoms with van der Waals surface area (Å²) >= 11 is 9.50. The van der Waals surface area contributed by atoms with Crippen molar-refractivity contribution in [1.82, 2.24) is 0 Å². The van der Waals surface area contributed by atoms with Crippen LogP contribution in [0.4, 0.5) is 11.4 Å². The van der Waals surface area contributed by atoms with Crippen molar-refractivity contribution >= 4 is 44.8 Å². The molecule has 0 fully saturated rings. The second kappa shape index (κ2) is 7.23. The third-order valence-corrected chi connectivity index (χ3v) is 4.32. The highest BCUT2D eigenvalue weighted by Crippen LogP contribution is 2.30. The standard InChI is InChI=1S/C17H18BrClN2O2/c1-9-4-11(3)17(12(18)5-9)23-8-16(22)21-15-7-13(19)10(2)6-14(15)20/h4-7H,8,20H2,1-3H3,(H,21,22). The predicted molar refractivity (Wildman–Crippen MR) is 98.3 cm³/mol. The highest BCUT2D eigenvalue weighted by atomic mass is 79.9. The molecule has 2 rings (SSSR count). The fourth-order valence-electron chi connectivity index (χ4n) is 2.22. The van der Waals surface area contributed by atoms with E-state index >= 15 is 0 Å². The second-order valence-electron chi connectivity index (χ2n) is 5.42. The Morgan fingerprint density at radius 3 is 2.57 bits per heavy atom. The number of amides is 1. The second-order valence-corrected chi connectivity index (χ2v) is 6.68. The van der Waals surface area contributed by atoms with Crippen LogP contribution in [0.1, 0.15) is 16.7 Å². The van der Waals surface area contributed by atoms with Gasteiger partial charge in [0.05, 0.1) is 15.8 Å². The minimum atomic E-state index is -0.302. The Morgan fingerprint density at radius 1 is 1.22 bits per heavy atom. The molecule has 0 aliphatic rings. The average molecular weight is 398 g/mol. The summed E-state index contributed by atoms with van der Waals surface area (Å²) < 4.78 is 6.44. The Morgan fingerprint density at radius 2 is 1.91 bits per heavy atom. The number of nitrogen functional groups attached to an aromatic ring is 1. The summed E-state index contributed by atoms with van der Waals surface area (Å²) in [5.74, 6) is 0.351. The molecule has 0 radical (unpaired) electrons. The van der Waals surface area contributed by atoms with Gasteiger partial charge in [0, 0.05) is 5.02 Å². The Labute approximate surface area is 149 Å². The van der Waals surface area contributed by atoms with Crippen LogP contribution in [0.3, 0.4) is 0 Å². The third kappa shape index (κ3) is 4.39. The molecule has 0 aliphatic carbocycles. The number of benzene rings is 2. The van der Waals surface area contributed by atoms with Crippen molar-refractivity contribution in [1.29, 1.82) is 0 Å². The van der Waals surface area contributed by atoms with Gasteiger partial charge in [-0.25, -0.2) is 0 Å². The maximum atomic E-state index is 12.1. The van der Waals surface area contributed by atoms with E-state index in [2.05, 4.69) is 21.2 Å². The lowest BCUT2D eigenvalue weighted by Gasteiger charge is -2.13. The lowest BCUT2D eigenvalue weighted by Crippen LogP contribution is -2.21. The molecule has 0 saturated heterocycles. The number of hydrogen-bond donors (Lipinski definition) is 2. The van der Waals surface area contributed by atoms with Crippen molar-refractivity contribution in [3.05, 3.63) is 50.5 Å². The molecule has 0 atom stereocenters. The molecule has 0 saturated carbocycles. The molecule has 4 nitrogen and oxygen atoms in total. The molecule has 0 aliphatic heterocycles. The maximum absolute atomic E-state index is 12.1. The molecular weight excluding hydrogens is 380 g/mol. The van der Waals surface area contributed by atoms with Crippen LogP contribution in [0.15, 0.2) is 28.7 Å². The molecular formula is C17H18BrClN2O2. The largest absolute Gasteiger partial charge is 0.482 e. The van der Waals surface area contributed by atoms with Crippen molar-refractivity contribution in [3.8, 4) is 5.75 Å². The summed E-state index contributed by atoms with van der Waals surface area (Å²) in [4.78, 5) is 12.1. The Hall–Kier alpha value is -1.72. The lowest BCUT2D eigenvalue weighted by atomic mass is 10.1. The van der Waals surface area contributed by atoms with Gasteiger partial charge in [-0.1, -0.05) is 17.7 Å². The average Bonchev–Trinajstić information content (AvgIpc) is 2.43. The van der Waals surface area contributed by atoms with Gasteiger partial charge in [0.2, 0.25) is 0 Å². The normalized spacial score (nSPS) is 10.5. The minimum Gasteiger partial charge on any atom is -0.482 e. The van der Waals surface area contributed by atoms with Crippen LogP contribution in [-0.4, -0.2) is 12.5 Å². The minimum absolute atomic E-state index is 0.118. The molecule has 0 spiro atoms.